The number of nitrogens with two attached hydrogens (primary N) is 1. The monoisotopic (exact) mass is 168 g/mol. The van der Waals surface area contributed by atoms with Gasteiger partial charge in [-0.25, -0.2) is 0 Å². The normalized spacial score (nSPS) is 41.6. The maximum absolute atomic E-state index is 11.1. The minimum absolute atomic E-state index is 0.0854. The lowest BCUT2D eigenvalue weighted by Gasteiger charge is -2.47. The van der Waals surface area contributed by atoms with Crippen molar-refractivity contribution >= 4 is 5.91 Å². The lowest BCUT2D eigenvalue weighted by Crippen LogP contribution is -2.53. The smallest absolute Gasteiger partial charge is 0.220 e. The van der Waals surface area contributed by atoms with Crippen molar-refractivity contribution < 1.29 is 4.79 Å². The Morgan fingerprint density at radius 2 is 2.25 bits per heavy atom. The van der Waals surface area contributed by atoms with Crippen molar-refractivity contribution in [2.75, 3.05) is 13.6 Å². The third kappa shape index (κ3) is 1.12. The van der Waals surface area contributed by atoms with Crippen LogP contribution in [0, 0.1) is 11.8 Å². The first kappa shape index (κ1) is 8.05. The first-order chi connectivity index (χ1) is 5.68. The van der Waals surface area contributed by atoms with E-state index in [4.69, 9.17) is 5.73 Å². The van der Waals surface area contributed by atoms with Crippen molar-refractivity contribution in [1.82, 2.24) is 4.90 Å². The summed E-state index contributed by atoms with van der Waals surface area (Å²) < 4.78 is 0. The molecule has 0 aromatic carbocycles. The number of primary amides is 1. The standard InChI is InChI=1S/C9H16N2O/c1-11-5-6-2-3-7(11)4-8(6)9(10)12/h6-8H,2-5H2,1H3,(H2,10,12). The van der Waals surface area contributed by atoms with E-state index in [0.29, 0.717) is 12.0 Å². The van der Waals surface area contributed by atoms with Crippen LogP contribution < -0.4 is 5.73 Å². The molecule has 2 N–H and O–H groups in total. The summed E-state index contributed by atoms with van der Waals surface area (Å²) in [6.45, 7) is 1.07. The van der Waals surface area contributed by atoms with Gasteiger partial charge < -0.3 is 10.6 Å². The maximum Gasteiger partial charge on any atom is 0.220 e. The topological polar surface area (TPSA) is 46.3 Å². The number of carbonyl (C=O) groups excluding carboxylic acids is 1. The molecule has 3 nitrogen and oxygen atoms in total. The molecule has 3 atom stereocenters. The number of rotatable bonds is 1. The summed E-state index contributed by atoms with van der Waals surface area (Å²) in [7, 11) is 2.15. The fraction of sp³-hybridized carbons (Fsp3) is 0.889. The Bertz CT molecular complexity index is 205. The van der Waals surface area contributed by atoms with Crippen LogP contribution in [0.3, 0.4) is 0 Å². The second-order valence-electron chi connectivity index (χ2n) is 4.18. The number of hydrogen-bond donors (Lipinski definition) is 1. The second kappa shape index (κ2) is 2.73. The Kier molecular flexibility index (Phi) is 1.83. The van der Waals surface area contributed by atoms with E-state index in [2.05, 4.69) is 11.9 Å². The fourth-order valence-electron chi connectivity index (χ4n) is 2.70. The van der Waals surface area contributed by atoms with Crippen LogP contribution in [0.5, 0.6) is 0 Å². The van der Waals surface area contributed by atoms with E-state index < -0.39 is 0 Å². The third-order valence-electron chi connectivity index (χ3n) is 3.48. The highest BCUT2D eigenvalue weighted by Gasteiger charge is 2.40. The van der Waals surface area contributed by atoms with Gasteiger partial charge in [0.1, 0.15) is 0 Å². The summed E-state index contributed by atoms with van der Waals surface area (Å²) in [6, 6.07) is 0.618. The predicted octanol–water partition coefficient (Wildman–Crippen LogP) is 0.202. The SMILES string of the molecule is CN1CC2CCC1CC2C(N)=O. The molecule has 2 saturated heterocycles. The van der Waals surface area contributed by atoms with E-state index in [0.717, 1.165) is 13.0 Å². The van der Waals surface area contributed by atoms with Crippen LogP contribution in [-0.4, -0.2) is 30.4 Å². The number of nitrogens with zero attached hydrogens (tertiary/aromatic N) is 1. The van der Waals surface area contributed by atoms with Crippen LogP contribution in [0.25, 0.3) is 0 Å². The first-order valence-electron chi connectivity index (χ1n) is 4.68. The Morgan fingerprint density at radius 3 is 2.67 bits per heavy atom. The summed E-state index contributed by atoms with van der Waals surface area (Å²) in [6.07, 6.45) is 3.45. The largest absolute Gasteiger partial charge is 0.369 e. The summed E-state index contributed by atoms with van der Waals surface area (Å²) in [5.74, 6) is 0.621. The molecule has 3 rings (SSSR count). The molecular formula is C9H16N2O. The first-order valence-corrected chi connectivity index (χ1v) is 4.68. The molecule has 1 aliphatic carbocycles. The molecule has 12 heavy (non-hydrogen) atoms. The van der Waals surface area contributed by atoms with E-state index in [1.165, 1.54) is 12.8 Å². The van der Waals surface area contributed by atoms with E-state index in [1.54, 1.807) is 0 Å². The van der Waals surface area contributed by atoms with Gasteiger partial charge in [-0.2, -0.15) is 0 Å². The van der Waals surface area contributed by atoms with Crippen molar-refractivity contribution in [3.63, 3.8) is 0 Å². The highest BCUT2D eigenvalue weighted by atomic mass is 16.1. The number of hydrogen-bond acceptors (Lipinski definition) is 2. The van der Waals surface area contributed by atoms with Gasteiger partial charge in [0.2, 0.25) is 5.91 Å². The highest BCUT2D eigenvalue weighted by Crippen LogP contribution is 2.38. The van der Waals surface area contributed by atoms with E-state index in [1.807, 2.05) is 0 Å². The molecule has 0 spiro atoms. The predicted molar refractivity (Wildman–Crippen MR) is 46.4 cm³/mol. The van der Waals surface area contributed by atoms with E-state index >= 15 is 0 Å². The molecular weight excluding hydrogens is 152 g/mol. The van der Waals surface area contributed by atoms with Crippen LogP contribution in [-0.2, 0) is 4.79 Å². The van der Waals surface area contributed by atoms with Gasteiger partial charge in [-0.1, -0.05) is 0 Å². The minimum atomic E-state index is -0.0854. The summed E-state index contributed by atoms with van der Waals surface area (Å²) >= 11 is 0. The molecule has 2 heterocycles. The Labute approximate surface area is 72.9 Å². The summed E-state index contributed by atoms with van der Waals surface area (Å²) in [4.78, 5) is 13.4. The molecule has 68 valence electrons. The lowest BCUT2D eigenvalue weighted by molar-refractivity contribution is -0.128. The lowest BCUT2D eigenvalue weighted by atomic mass is 9.72. The number of amides is 1. The van der Waals surface area contributed by atoms with Crippen molar-refractivity contribution in [2.24, 2.45) is 17.6 Å². The van der Waals surface area contributed by atoms with Gasteiger partial charge in [-0.15, -0.1) is 0 Å². The maximum atomic E-state index is 11.1. The zero-order valence-electron chi connectivity index (χ0n) is 7.49. The quantitative estimate of drug-likeness (QED) is 0.608. The molecule has 3 fully saturated rings. The van der Waals surface area contributed by atoms with Crippen LogP contribution in [0.15, 0.2) is 0 Å². The van der Waals surface area contributed by atoms with Crippen molar-refractivity contribution in [1.29, 1.82) is 0 Å². The van der Waals surface area contributed by atoms with E-state index in [-0.39, 0.29) is 11.8 Å². The molecule has 2 bridgehead atoms. The number of fused-ring (bicyclic) bond motifs is 3. The molecule has 1 amide bonds. The number of carbonyl (C=O) groups is 1. The minimum Gasteiger partial charge on any atom is -0.369 e. The molecule has 1 saturated carbocycles. The van der Waals surface area contributed by atoms with Gasteiger partial charge >= 0.3 is 0 Å². The second-order valence-corrected chi connectivity index (χ2v) is 4.18. The van der Waals surface area contributed by atoms with Gasteiger partial charge in [0, 0.05) is 18.5 Å². The molecule has 0 aromatic heterocycles. The zero-order chi connectivity index (χ0) is 8.72. The Morgan fingerprint density at radius 1 is 1.50 bits per heavy atom. The van der Waals surface area contributed by atoms with Crippen LogP contribution in [0.4, 0.5) is 0 Å². The third-order valence-corrected chi connectivity index (χ3v) is 3.48. The van der Waals surface area contributed by atoms with Gasteiger partial charge in [0.15, 0.2) is 0 Å². The average Bonchev–Trinajstić information content (AvgIpc) is 2.04. The van der Waals surface area contributed by atoms with Gasteiger partial charge in [0.05, 0.1) is 0 Å². The molecule has 0 aromatic rings. The van der Waals surface area contributed by atoms with Crippen molar-refractivity contribution in [3.05, 3.63) is 0 Å². The highest BCUT2D eigenvalue weighted by molar-refractivity contribution is 5.77. The van der Waals surface area contributed by atoms with Crippen molar-refractivity contribution in [3.8, 4) is 0 Å². The van der Waals surface area contributed by atoms with Crippen molar-refractivity contribution in [2.45, 2.75) is 25.3 Å². The zero-order valence-corrected chi connectivity index (χ0v) is 7.49. The molecule has 2 aliphatic heterocycles. The van der Waals surface area contributed by atoms with Gasteiger partial charge in [0.25, 0.3) is 0 Å². The molecule has 3 heteroatoms. The van der Waals surface area contributed by atoms with Crippen LogP contribution in [0.2, 0.25) is 0 Å². The van der Waals surface area contributed by atoms with Gasteiger partial charge in [-0.3, -0.25) is 4.79 Å². The fourth-order valence-corrected chi connectivity index (χ4v) is 2.70. The molecule has 0 radical (unpaired) electrons. The summed E-state index contributed by atoms with van der Waals surface area (Å²) in [5, 5.41) is 0. The molecule has 3 aliphatic rings. The number of piperidine rings is 2. The Hall–Kier alpha value is -0.570. The Balaban J connectivity index is 2.10. The van der Waals surface area contributed by atoms with E-state index in [9.17, 15) is 4.79 Å². The average molecular weight is 168 g/mol. The van der Waals surface area contributed by atoms with Crippen LogP contribution in [0.1, 0.15) is 19.3 Å². The van der Waals surface area contributed by atoms with Gasteiger partial charge in [-0.05, 0) is 32.2 Å². The van der Waals surface area contributed by atoms with Crippen LogP contribution >= 0.6 is 0 Å². The molecule has 3 unspecified atom stereocenters. The summed E-state index contributed by atoms with van der Waals surface area (Å²) in [5.41, 5.74) is 5.34.